The first-order chi connectivity index (χ1) is 15.5. The van der Waals surface area contributed by atoms with Gasteiger partial charge in [-0.2, -0.15) is 0 Å². The van der Waals surface area contributed by atoms with E-state index in [1.807, 2.05) is 39.8 Å². The largest absolute Gasteiger partial charge is 0.491 e. The minimum Gasteiger partial charge on any atom is -0.491 e. The maximum atomic E-state index is 10.3. The van der Waals surface area contributed by atoms with E-state index in [-0.39, 0.29) is 25.2 Å². The molecule has 6 heteroatoms. The molecule has 33 heavy (non-hydrogen) atoms. The van der Waals surface area contributed by atoms with Crippen molar-refractivity contribution in [1.82, 2.24) is 0 Å². The van der Waals surface area contributed by atoms with Crippen LogP contribution >= 0.6 is 0 Å². The summed E-state index contributed by atoms with van der Waals surface area (Å²) in [6.45, 7) is 14.7. The van der Waals surface area contributed by atoms with E-state index >= 15 is 0 Å². The third-order valence-corrected chi connectivity index (χ3v) is 11.9. The first kappa shape index (κ1) is 27.4. The van der Waals surface area contributed by atoms with Crippen molar-refractivity contribution in [3.8, 4) is 11.5 Å². The number of aliphatic hydroxyl groups is 3. The molecular weight excluding hydrogens is 432 g/mol. The highest BCUT2D eigenvalue weighted by Crippen LogP contribution is 2.25. The summed E-state index contributed by atoms with van der Waals surface area (Å²) in [6.07, 6.45) is -1.41. The topological polar surface area (TPSA) is 79.2 Å². The van der Waals surface area contributed by atoms with E-state index < -0.39 is 20.3 Å². The lowest BCUT2D eigenvalue weighted by atomic mass is 9.90. The van der Waals surface area contributed by atoms with Crippen molar-refractivity contribution in [3.05, 3.63) is 47.5 Å². The Kier molecular flexibility index (Phi) is 9.55. The molecule has 2 aromatic rings. The maximum Gasteiger partial charge on any atom is 0.122 e. The lowest BCUT2D eigenvalue weighted by molar-refractivity contribution is 0.0216. The molecule has 0 heterocycles. The third kappa shape index (κ3) is 6.60. The van der Waals surface area contributed by atoms with Crippen molar-refractivity contribution >= 4 is 18.4 Å². The first-order valence-electron chi connectivity index (χ1n) is 11.9. The summed E-state index contributed by atoms with van der Waals surface area (Å²) < 4.78 is 11.7. The molecule has 0 amide bonds. The third-order valence-electron chi connectivity index (χ3n) is 6.70. The Morgan fingerprint density at radius 3 is 1.64 bits per heavy atom. The molecular formula is C27H42O5Si. The summed E-state index contributed by atoms with van der Waals surface area (Å²) in [5, 5.41) is 31.7. The van der Waals surface area contributed by atoms with Crippen LogP contribution in [0.25, 0.3) is 0 Å². The smallest absolute Gasteiger partial charge is 0.122 e. The fourth-order valence-corrected chi connectivity index (χ4v) is 8.37. The van der Waals surface area contributed by atoms with Gasteiger partial charge in [-0.1, -0.05) is 81.3 Å². The normalized spacial score (nSPS) is 14.1. The summed E-state index contributed by atoms with van der Waals surface area (Å²) in [5.41, 5.74) is 1.90. The lowest BCUT2D eigenvalue weighted by Gasteiger charge is -2.32. The van der Waals surface area contributed by atoms with Crippen LogP contribution in [0.1, 0.15) is 45.7 Å². The van der Waals surface area contributed by atoms with Crippen LogP contribution in [0.2, 0.25) is 12.1 Å². The van der Waals surface area contributed by atoms with E-state index in [0.717, 1.165) is 34.7 Å². The molecule has 0 aliphatic carbocycles. The minimum atomic E-state index is -1.98. The Labute approximate surface area is 200 Å². The highest BCUT2D eigenvalue weighted by molar-refractivity contribution is 7.02. The van der Waals surface area contributed by atoms with Crippen LogP contribution in [0.15, 0.2) is 36.4 Å². The van der Waals surface area contributed by atoms with Crippen LogP contribution in [0.5, 0.6) is 11.5 Å². The SMILES string of the molecule is CC[Si](CC)(c1ccc(OC[C@@H](O)CO)c(C)c1)c1ccc(OC[C@H](O)C(C)(C)C)c(C)c1. The van der Waals surface area contributed by atoms with Gasteiger partial charge >= 0.3 is 0 Å². The molecule has 2 aromatic carbocycles. The van der Waals surface area contributed by atoms with Gasteiger partial charge in [0.2, 0.25) is 0 Å². The number of rotatable bonds is 11. The Morgan fingerprint density at radius 2 is 1.27 bits per heavy atom. The Balaban J connectivity index is 2.31. The molecule has 0 aliphatic rings. The lowest BCUT2D eigenvalue weighted by Crippen LogP contribution is -2.57. The molecule has 3 N–H and O–H groups in total. The Hall–Kier alpha value is -1.86. The number of ether oxygens (including phenoxy) is 2. The zero-order chi connectivity index (χ0) is 24.8. The molecule has 5 nitrogen and oxygen atoms in total. The quantitative estimate of drug-likeness (QED) is 0.435. The summed E-state index contributed by atoms with van der Waals surface area (Å²) in [7, 11) is -1.98. The molecule has 0 radical (unpaired) electrons. The molecule has 2 atom stereocenters. The van der Waals surface area contributed by atoms with E-state index in [9.17, 15) is 10.2 Å². The molecule has 0 fully saturated rings. The van der Waals surface area contributed by atoms with Crippen LogP contribution in [-0.4, -0.2) is 55.4 Å². The second-order valence-corrected chi connectivity index (χ2v) is 14.8. The van der Waals surface area contributed by atoms with Gasteiger partial charge in [0.25, 0.3) is 0 Å². The van der Waals surface area contributed by atoms with Crippen molar-refractivity contribution in [2.75, 3.05) is 19.8 Å². The van der Waals surface area contributed by atoms with Crippen molar-refractivity contribution in [2.45, 2.75) is 72.8 Å². The van der Waals surface area contributed by atoms with Crippen molar-refractivity contribution < 1.29 is 24.8 Å². The summed E-state index contributed by atoms with van der Waals surface area (Å²) >= 11 is 0. The predicted molar refractivity (Wildman–Crippen MR) is 138 cm³/mol. The zero-order valence-electron chi connectivity index (χ0n) is 21.3. The van der Waals surface area contributed by atoms with Crippen LogP contribution in [0.4, 0.5) is 0 Å². The van der Waals surface area contributed by atoms with Gasteiger partial charge in [-0.25, -0.2) is 0 Å². The maximum absolute atomic E-state index is 10.3. The van der Waals surface area contributed by atoms with Crippen LogP contribution in [0, 0.1) is 19.3 Å². The van der Waals surface area contributed by atoms with Gasteiger partial charge in [0.1, 0.15) is 38.9 Å². The van der Waals surface area contributed by atoms with E-state index in [1.165, 1.54) is 10.4 Å². The van der Waals surface area contributed by atoms with Gasteiger partial charge in [-0.05, 0) is 42.5 Å². The summed E-state index contributed by atoms with van der Waals surface area (Å²) in [5.74, 6) is 1.55. The average molecular weight is 475 g/mol. The first-order valence-corrected chi connectivity index (χ1v) is 14.3. The number of benzene rings is 2. The summed E-state index contributed by atoms with van der Waals surface area (Å²) in [6, 6.07) is 15.0. The van der Waals surface area contributed by atoms with Crippen molar-refractivity contribution in [2.24, 2.45) is 5.41 Å². The number of hydrogen-bond acceptors (Lipinski definition) is 5. The molecule has 0 saturated heterocycles. The van der Waals surface area contributed by atoms with Crippen LogP contribution in [-0.2, 0) is 0 Å². The monoisotopic (exact) mass is 474 g/mol. The van der Waals surface area contributed by atoms with Crippen molar-refractivity contribution in [3.63, 3.8) is 0 Å². The average Bonchev–Trinajstić information content (AvgIpc) is 2.78. The molecule has 0 bridgehead atoms. The van der Waals surface area contributed by atoms with E-state index in [4.69, 9.17) is 14.6 Å². The van der Waals surface area contributed by atoms with Gasteiger partial charge in [0.15, 0.2) is 0 Å². The molecule has 0 aliphatic heterocycles. The highest BCUT2D eigenvalue weighted by atomic mass is 28.3. The fourth-order valence-electron chi connectivity index (χ4n) is 4.11. The number of aliphatic hydroxyl groups excluding tert-OH is 3. The highest BCUT2D eigenvalue weighted by Gasteiger charge is 2.34. The van der Waals surface area contributed by atoms with Gasteiger partial charge in [-0.15, -0.1) is 0 Å². The minimum absolute atomic E-state index is 0.0748. The zero-order valence-corrected chi connectivity index (χ0v) is 22.3. The van der Waals surface area contributed by atoms with Crippen LogP contribution < -0.4 is 19.8 Å². The van der Waals surface area contributed by atoms with E-state index in [1.54, 1.807) is 0 Å². The standard InChI is InChI=1S/C27H42O5Si/c1-8-33(9-2,22-10-12-24(19(3)14-22)31-17-21(29)16-28)23-11-13-25(20(4)15-23)32-18-26(30)27(5,6)7/h10-15,21,26,28-30H,8-9,16-18H2,1-7H3/t21-,26-/m0/s1. The molecule has 0 unspecified atom stereocenters. The molecule has 0 saturated carbocycles. The Bertz CT molecular complexity index is 902. The van der Waals surface area contributed by atoms with Crippen LogP contribution in [0.3, 0.4) is 0 Å². The fraction of sp³-hybridized carbons (Fsp3) is 0.556. The number of hydrogen-bond donors (Lipinski definition) is 3. The molecule has 184 valence electrons. The van der Waals surface area contributed by atoms with Crippen molar-refractivity contribution in [1.29, 1.82) is 0 Å². The Morgan fingerprint density at radius 1 is 0.818 bits per heavy atom. The molecule has 0 aromatic heterocycles. The van der Waals surface area contributed by atoms with Gasteiger partial charge in [-0.3, -0.25) is 0 Å². The van der Waals surface area contributed by atoms with E-state index in [0.29, 0.717) is 0 Å². The summed E-state index contributed by atoms with van der Waals surface area (Å²) in [4.78, 5) is 0. The molecule has 0 spiro atoms. The molecule has 2 rings (SSSR count). The van der Waals surface area contributed by atoms with Gasteiger partial charge in [0, 0.05) is 0 Å². The second-order valence-electron chi connectivity index (χ2n) is 10.1. The second kappa shape index (κ2) is 11.5. The van der Waals surface area contributed by atoms with Gasteiger partial charge < -0.3 is 24.8 Å². The van der Waals surface area contributed by atoms with Gasteiger partial charge in [0.05, 0.1) is 12.7 Å². The number of aryl methyl sites for hydroxylation is 2. The predicted octanol–water partition coefficient (Wildman–Crippen LogP) is 3.42. The van der Waals surface area contributed by atoms with E-state index in [2.05, 4.69) is 45.0 Å².